The molecule has 39 heavy (non-hydrogen) atoms. The maximum Gasteiger partial charge on any atom is 0.140 e. The van der Waals surface area contributed by atoms with Gasteiger partial charge in [0.05, 0.1) is 37.2 Å². The molecule has 204 valence electrons. The molecule has 1 aromatic heterocycles. The number of aromatic amines is 1. The summed E-state index contributed by atoms with van der Waals surface area (Å²) in [4.78, 5) is 13.4. The molecule has 4 aromatic rings. The number of imidazole rings is 1. The van der Waals surface area contributed by atoms with Crippen LogP contribution in [-0.4, -0.2) is 80.4 Å². The Balaban J connectivity index is 1.34. The molecule has 8 heteroatoms. The fourth-order valence-corrected chi connectivity index (χ4v) is 5.01. The van der Waals surface area contributed by atoms with Crippen LogP contribution < -0.4 is 14.2 Å². The first-order valence-corrected chi connectivity index (χ1v) is 13.6. The van der Waals surface area contributed by atoms with Gasteiger partial charge in [-0.2, -0.15) is 0 Å². The third-order valence-electron chi connectivity index (χ3n) is 7.12. The van der Waals surface area contributed by atoms with Gasteiger partial charge < -0.3 is 29.0 Å². The van der Waals surface area contributed by atoms with Gasteiger partial charge in [-0.25, -0.2) is 4.98 Å². The number of likely N-dealkylation sites (N-methyl/N-ethyl adjacent to an activating group) is 1. The van der Waals surface area contributed by atoms with E-state index in [0.29, 0.717) is 17.5 Å². The monoisotopic (exact) mass is 546 g/mol. The Morgan fingerprint density at radius 3 is 2.05 bits per heavy atom. The number of methoxy groups -OCH3 is 2. The number of hydrogen-bond acceptors (Lipinski definition) is 6. The Labute approximate surface area is 235 Å². The summed E-state index contributed by atoms with van der Waals surface area (Å²) in [6.45, 7) is 6.21. The maximum atomic E-state index is 6.76. The first-order valence-electron chi connectivity index (χ1n) is 13.3. The summed E-state index contributed by atoms with van der Waals surface area (Å²) in [7, 11) is 5.50. The highest BCUT2D eigenvalue weighted by Crippen LogP contribution is 2.37. The van der Waals surface area contributed by atoms with E-state index in [9.17, 15) is 0 Å². The van der Waals surface area contributed by atoms with Crippen molar-refractivity contribution in [3.8, 4) is 51.2 Å². The van der Waals surface area contributed by atoms with E-state index in [-0.39, 0.29) is 0 Å². The van der Waals surface area contributed by atoms with Crippen LogP contribution in [0.1, 0.15) is 6.42 Å². The normalized spacial score (nSPS) is 14.4. The van der Waals surface area contributed by atoms with Gasteiger partial charge in [0.25, 0.3) is 0 Å². The molecular weight excluding hydrogens is 512 g/mol. The van der Waals surface area contributed by atoms with Crippen LogP contribution in [0.15, 0.2) is 66.7 Å². The van der Waals surface area contributed by atoms with Gasteiger partial charge >= 0.3 is 0 Å². The van der Waals surface area contributed by atoms with Crippen molar-refractivity contribution in [2.45, 2.75) is 6.42 Å². The predicted molar refractivity (Wildman–Crippen MR) is 157 cm³/mol. The second kappa shape index (κ2) is 12.6. The second-order valence-corrected chi connectivity index (χ2v) is 10.2. The van der Waals surface area contributed by atoms with E-state index < -0.39 is 0 Å². The molecule has 0 radical (unpaired) electrons. The van der Waals surface area contributed by atoms with E-state index in [2.05, 4.69) is 21.8 Å². The quantitative estimate of drug-likeness (QED) is 0.243. The molecule has 0 amide bonds. The highest BCUT2D eigenvalue weighted by molar-refractivity contribution is 6.33. The zero-order chi connectivity index (χ0) is 27.2. The number of nitrogens with one attached hydrogen (secondary N) is 1. The summed E-state index contributed by atoms with van der Waals surface area (Å²) in [6, 6.07) is 21.6. The zero-order valence-corrected chi connectivity index (χ0v) is 23.5. The van der Waals surface area contributed by atoms with Crippen molar-refractivity contribution in [2.75, 3.05) is 60.6 Å². The average molecular weight is 547 g/mol. The first-order chi connectivity index (χ1) is 19.0. The van der Waals surface area contributed by atoms with Crippen LogP contribution >= 0.6 is 11.6 Å². The minimum Gasteiger partial charge on any atom is -0.497 e. The molecule has 3 aromatic carbocycles. The topological polar surface area (TPSA) is 62.9 Å². The molecule has 1 aliphatic heterocycles. The van der Waals surface area contributed by atoms with Gasteiger partial charge in [-0.3, -0.25) is 0 Å². The highest BCUT2D eigenvalue weighted by atomic mass is 35.5. The van der Waals surface area contributed by atoms with Gasteiger partial charge in [0.1, 0.15) is 23.1 Å². The van der Waals surface area contributed by atoms with Gasteiger partial charge in [-0.05, 0) is 80.2 Å². The summed E-state index contributed by atoms with van der Waals surface area (Å²) in [6.07, 6.45) is 0.984. The van der Waals surface area contributed by atoms with Crippen LogP contribution in [0.3, 0.4) is 0 Å². The molecule has 7 nitrogen and oxygen atoms in total. The van der Waals surface area contributed by atoms with E-state index in [1.54, 1.807) is 14.2 Å². The zero-order valence-electron chi connectivity index (χ0n) is 22.7. The van der Waals surface area contributed by atoms with E-state index in [1.165, 1.54) is 0 Å². The van der Waals surface area contributed by atoms with E-state index in [4.69, 9.17) is 30.8 Å². The van der Waals surface area contributed by atoms with Crippen LogP contribution in [0, 0.1) is 0 Å². The van der Waals surface area contributed by atoms with Gasteiger partial charge in [0, 0.05) is 49.4 Å². The van der Waals surface area contributed by atoms with Gasteiger partial charge in [-0.1, -0.05) is 11.6 Å². The van der Waals surface area contributed by atoms with Crippen LogP contribution in [0.5, 0.6) is 17.2 Å². The number of halogens is 1. The first kappa shape index (κ1) is 27.1. The summed E-state index contributed by atoms with van der Waals surface area (Å²) in [5.74, 6) is 3.05. The summed E-state index contributed by atoms with van der Waals surface area (Å²) >= 11 is 6.76. The molecule has 0 aliphatic carbocycles. The number of nitrogens with zero attached hydrogens (tertiary/aromatic N) is 3. The number of piperazine rings is 1. The fourth-order valence-electron chi connectivity index (χ4n) is 4.75. The van der Waals surface area contributed by atoms with Crippen molar-refractivity contribution in [1.82, 2.24) is 19.8 Å². The van der Waals surface area contributed by atoms with Crippen molar-refractivity contribution < 1.29 is 14.2 Å². The Kier molecular flexibility index (Phi) is 8.71. The van der Waals surface area contributed by atoms with E-state index >= 15 is 0 Å². The molecule has 0 bridgehead atoms. The second-order valence-electron chi connectivity index (χ2n) is 9.75. The molecule has 5 rings (SSSR count). The van der Waals surface area contributed by atoms with Crippen molar-refractivity contribution in [1.29, 1.82) is 0 Å². The molecular formula is C31H35ClN4O3. The molecule has 1 fully saturated rings. The Bertz CT molecular complexity index is 1300. The number of rotatable bonds is 10. The highest BCUT2D eigenvalue weighted by Gasteiger charge is 2.18. The number of benzene rings is 3. The third-order valence-corrected chi connectivity index (χ3v) is 7.44. The summed E-state index contributed by atoms with van der Waals surface area (Å²) in [5, 5.41) is 0.586. The Morgan fingerprint density at radius 2 is 1.44 bits per heavy atom. The summed E-state index contributed by atoms with van der Waals surface area (Å²) in [5.41, 5.74) is 4.52. The van der Waals surface area contributed by atoms with E-state index in [1.807, 2.05) is 66.7 Å². The lowest BCUT2D eigenvalue weighted by Crippen LogP contribution is -2.44. The average Bonchev–Trinajstić information content (AvgIpc) is 3.41. The molecule has 1 aliphatic rings. The van der Waals surface area contributed by atoms with Crippen LogP contribution in [0.25, 0.3) is 33.9 Å². The van der Waals surface area contributed by atoms with Gasteiger partial charge in [-0.15, -0.1) is 0 Å². The summed E-state index contributed by atoms with van der Waals surface area (Å²) < 4.78 is 16.7. The number of aromatic nitrogens is 2. The lowest BCUT2D eigenvalue weighted by molar-refractivity contribution is 0.145. The third kappa shape index (κ3) is 6.56. The van der Waals surface area contributed by atoms with Gasteiger partial charge in [0.15, 0.2) is 0 Å². The van der Waals surface area contributed by atoms with Crippen molar-refractivity contribution in [3.05, 3.63) is 71.8 Å². The minimum atomic E-state index is 0.586. The molecule has 2 heterocycles. The van der Waals surface area contributed by atoms with Gasteiger partial charge in [0.2, 0.25) is 0 Å². The maximum absolute atomic E-state index is 6.76. The lowest BCUT2D eigenvalue weighted by Gasteiger charge is -2.32. The van der Waals surface area contributed by atoms with Crippen molar-refractivity contribution >= 4 is 11.6 Å². The van der Waals surface area contributed by atoms with Crippen LogP contribution in [0.4, 0.5) is 0 Å². The van der Waals surface area contributed by atoms with Crippen molar-refractivity contribution in [3.63, 3.8) is 0 Å². The number of ether oxygens (including phenoxy) is 3. The fraction of sp³-hybridized carbons (Fsp3) is 0.323. The number of hydrogen-bond donors (Lipinski definition) is 1. The lowest BCUT2D eigenvalue weighted by atomic mass is 10.0. The smallest absolute Gasteiger partial charge is 0.140 e. The molecule has 1 saturated heterocycles. The SMILES string of the molecule is COc1ccc(-c2nc(-c3ccc(OCCCN4CCN(C)CC4)cc3Cl)[nH]c2-c2ccc(OC)cc2)cc1. The number of H-pyrrole nitrogens is 1. The Morgan fingerprint density at radius 1 is 0.821 bits per heavy atom. The standard InChI is InChI=1S/C31H35ClN4O3/c1-35-16-18-36(19-17-35)15-4-20-39-26-13-14-27(28(32)21-26)31-33-29(22-5-9-24(37-2)10-6-22)30(34-31)23-7-11-25(38-3)12-8-23/h5-14,21H,4,15-20H2,1-3H3,(H,33,34). The molecule has 0 unspecified atom stereocenters. The minimum absolute atomic E-state index is 0.586. The van der Waals surface area contributed by atoms with E-state index in [0.717, 1.165) is 84.5 Å². The van der Waals surface area contributed by atoms with Crippen LogP contribution in [-0.2, 0) is 0 Å². The molecule has 1 N–H and O–H groups in total. The predicted octanol–water partition coefficient (Wildman–Crippen LogP) is 6.10. The molecule has 0 saturated carbocycles. The van der Waals surface area contributed by atoms with Crippen LogP contribution in [0.2, 0.25) is 5.02 Å². The molecule has 0 spiro atoms. The molecule has 0 atom stereocenters. The largest absolute Gasteiger partial charge is 0.497 e. The van der Waals surface area contributed by atoms with Crippen molar-refractivity contribution in [2.24, 2.45) is 0 Å². The Hall–Kier alpha value is -3.52.